The lowest BCUT2D eigenvalue weighted by Crippen LogP contribution is -2.19. The fourth-order valence-electron chi connectivity index (χ4n) is 0.324. The molecular formula is C6H9NO3. The molecule has 4 heteroatoms. The van der Waals surface area contributed by atoms with E-state index in [9.17, 15) is 9.59 Å². The monoisotopic (exact) mass is 143 g/mol. The van der Waals surface area contributed by atoms with E-state index >= 15 is 0 Å². The van der Waals surface area contributed by atoms with E-state index in [-0.39, 0.29) is 6.54 Å². The quantitative estimate of drug-likeness (QED) is 0.324. The highest BCUT2D eigenvalue weighted by molar-refractivity contribution is 5.92. The van der Waals surface area contributed by atoms with Crippen LogP contribution in [0.1, 0.15) is 6.92 Å². The molecule has 0 amide bonds. The summed E-state index contributed by atoms with van der Waals surface area (Å²) >= 11 is 0. The highest BCUT2D eigenvalue weighted by atomic mass is 16.6. The predicted molar refractivity (Wildman–Crippen MR) is 35.0 cm³/mol. The Hall–Kier alpha value is -1.16. The zero-order valence-corrected chi connectivity index (χ0v) is 5.66. The van der Waals surface area contributed by atoms with Gasteiger partial charge in [0.1, 0.15) is 0 Å². The Bertz CT molecular complexity index is 162. The number of hydrogen-bond acceptors (Lipinski definition) is 4. The summed E-state index contributed by atoms with van der Waals surface area (Å²) < 4.78 is 4.15. The molecule has 0 spiro atoms. The van der Waals surface area contributed by atoms with E-state index < -0.39 is 11.9 Å². The molecule has 0 rings (SSSR count). The molecule has 0 radical (unpaired) electrons. The molecule has 0 aliphatic carbocycles. The van der Waals surface area contributed by atoms with Crippen LogP contribution >= 0.6 is 0 Å². The Balaban J connectivity index is 3.68. The first kappa shape index (κ1) is 8.84. The first-order valence-electron chi connectivity index (χ1n) is 2.78. The maximum absolute atomic E-state index is 10.4. The summed E-state index contributed by atoms with van der Waals surface area (Å²) in [5, 5.41) is 0. The van der Waals surface area contributed by atoms with Gasteiger partial charge in [-0.25, -0.2) is 4.79 Å². The number of esters is 2. The highest BCUT2D eigenvalue weighted by Crippen LogP contribution is 1.80. The Morgan fingerprint density at radius 3 is 2.60 bits per heavy atom. The molecule has 0 aliphatic rings. The highest BCUT2D eigenvalue weighted by Gasteiger charge is 2.02. The number of allylic oxidation sites excluding steroid dienone is 1. The molecule has 2 N–H and O–H groups in total. The third-order valence-corrected chi connectivity index (χ3v) is 0.684. The summed E-state index contributed by atoms with van der Waals surface area (Å²) in [6.45, 7) is 1.37. The van der Waals surface area contributed by atoms with Crippen molar-refractivity contribution in [2.45, 2.75) is 6.92 Å². The van der Waals surface area contributed by atoms with Gasteiger partial charge in [-0.15, -0.1) is 0 Å². The lowest BCUT2D eigenvalue weighted by atomic mass is 10.5. The first-order chi connectivity index (χ1) is 4.70. The predicted octanol–water partition coefficient (Wildman–Crippen LogP) is -0.409. The van der Waals surface area contributed by atoms with Crippen LogP contribution in [0.25, 0.3) is 0 Å². The van der Waals surface area contributed by atoms with Crippen LogP contribution in [0.2, 0.25) is 0 Å². The van der Waals surface area contributed by atoms with Gasteiger partial charge in [-0.05, 0) is 6.92 Å². The summed E-state index contributed by atoms with van der Waals surface area (Å²) in [5.74, 6) is -1.40. The molecule has 56 valence electrons. The van der Waals surface area contributed by atoms with Crippen LogP contribution in [0.3, 0.4) is 0 Å². The van der Waals surface area contributed by atoms with E-state index in [0.717, 1.165) is 6.08 Å². The molecule has 4 nitrogen and oxygen atoms in total. The summed E-state index contributed by atoms with van der Waals surface area (Å²) in [4.78, 5) is 20.7. The standard InChI is InChI=1S/C6H9NO3/c1-2-3-5(8)10-6(9)4-7/h2-3H,4,7H2,1H3. The SMILES string of the molecule is CC=CC(=O)OC(=O)CN. The van der Waals surface area contributed by atoms with Gasteiger partial charge in [-0.1, -0.05) is 6.08 Å². The lowest BCUT2D eigenvalue weighted by molar-refractivity contribution is -0.155. The molecule has 0 saturated carbocycles. The molecule has 0 fully saturated rings. The van der Waals surface area contributed by atoms with Crippen molar-refractivity contribution in [2.24, 2.45) is 5.73 Å². The Morgan fingerprint density at radius 1 is 1.60 bits per heavy atom. The van der Waals surface area contributed by atoms with Gasteiger partial charge in [0, 0.05) is 6.08 Å². The smallest absolute Gasteiger partial charge is 0.338 e. The minimum Gasteiger partial charge on any atom is -0.389 e. The largest absolute Gasteiger partial charge is 0.389 e. The van der Waals surface area contributed by atoms with Gasteiger partial charge in [-0.2, -0.15) is 0 Å². The Labute approximate surface area is 58.7 Å². The normalized spacial score (nSPS) is 9.80. The van der Waals surface area contributed by atoms with Crippen molar-refractivity contribution in [1.29, 1.82) is 0 Å². The number of ether oxygens (including phenoxy) is 1. The maximum atomic E-state index is 10.4. The third kappa shape index (κ3) is 3.80. The van der Waals surface area contributed by atoms with Gasteiger partial charge in [0.2, 0.25) is 0 Å². The summed E-state index contributed by atoms with van der Waals surface area (Å²) in [5.41, 5.74) is 4.87. The van der Waals surface area contributed by atoms with E-state index in [4.69, 9.17) is 5.73 Å². The average Bonchev–Trinajstić information content (AvgIpc) is 1.88. The average molecular weight is 143 g/mol. The topological polar surface area (TPSA) is 69.4 Å². The van der Waals surface area contributed by atoms with Crippen molar-refractivity contribution < 1.29 is 14.3 Å². The lowest BCUT2D eigenvalue weighted by Gasteiger charge is -1.93. The summed E-state index contributed by atoms with van der Waals surface area (Å²) in [6.07, 6.45) is 2.62. The van der Waals surface area contributed by atoms with E-state index in [1.54, 1.807) is 6.92 Å². The van der Waals surface area contributed by atoms with E-state index in [0.29, 0.717) is 0 Å². The summed E-state index contributed by atoms with van der Waals surface area (Å²) in [6, 6.07) is 0. The molecule has 10 heavy (non-hydrogen) atoms. The number of carbonyl (C=O) groups excluding carboxylic acids is 2. The van der Waals surface area contributed by atoms with Gasteiger partial charge >= 0.3 is 11.9 Å². The molecule has 0 bridgehead atoms. The molecular weight excluding hydrogens is 134 g/mol. The summed E-state index contributed by atoms with van der Waals surface area (Å²) in [7, 11) is 0. The fraction of sp³-hybridized carbons (Fsp3) is 0.333. The number of carbonyl (C=O) groups is 2. The van der Waals surface area contributed by atoms with Gasteiger partial charge < -0.3 is 10.5 Å². The van der Waals surface area contributed by atoms with Crippen LogP contribution in [0.15, 0.2) is 12.2 Å². The maximum Gasteiger partial charge on any atom is 0.338 e. The zero-order chi connectivity index (χ0) is 7.98. The van der Waals surface area contributed by atoms with Crippen LogP contribution in [0.5, 0.6) is 0 Å². The Morgan fingerprint density at radius 2 is 2.20 bits per heavy atom. The zero-order valence-electron chi connectivity index (χ0n) is 5.66. The fourth-order valence-corrected chi connectivity index (χ4v) is 0.324. The number of hydrogen-bond donors (Lipinski definition) is 1. The molecule has 0 atom stereocenters. The van der Waals surface area contributed by atoms with Crippen LogP contribution in [-0.4, -0.2) is 18.5 Å². The van der Waals surface area contributed by atoms with Gasteiger partial charge in [0.15, 0.2) is 0 Å². The van der Waals surface area contributed by atoms with Crippen molar-refractivity contribution in [3.63, 3.8) is 0 Å². The molecule has 0 saturated heterocycles. The first-order valence-corrected chi connectivity index (χ1v) is 2.78. The van der Waals surface area contributed by atoms with Crippen molar-refractivity contribution in [3.05, 3.63) is 12.2 Å². The molecule has 0 aromatic carbocycles. The number of nitrogens with two attached hydrogens (primary N) is 1. The van der Waals surface area contributed by atoms with Crippen molar-refractivity contribution in [3.8, 4) is 0 Å². The van der Waals surface area contributed by atoms with E-state index in [1.165, 1.54) is 6.08 Å². The Kier molecular flexibility index (Phi) is 4.15. The van der Waals surface area contributed by atoms with E-state index in [1.807, 2.05) is 0 Å². The molecule has 0 aliphatic heterocycles. The van der Waals surface area contributed by atoms with Crippen LogP contribution in [-0.2, 0) is 14.3 Å². The third-order valence-electron chi connectivity index (χ3n) is 0.684. The van der Waals surface area contributed by atoms with Gasteiger partial charge in [0.05, 0.1) is 6.54 Å². The second-order valence-electron chi connectivity index (χ2n) is 1.50. The van der Waals surface area contributed by atoms with Crippen LogP contribution in [0.4, 0.5) is 0 Å². The number of rotatable bonds is 2. The van der Waals surface area contributed by atoms with Crippen molar-refractivity contribution in [1.82, 2.24) is 0 Å². The van der Waals surface area contributed by atoms with Crippen molar-refractivity contribution in [2.75, 3.05) is 6.54 Å². The molecule has 0 unspecified atom stereocenters. The molecule has 0 heterocycles. The van der Waals surface area contributed by atoms with Crippen molar-refractivity contribution >= 4 is 11.9 Å². The molecule has 0 aromatic heterocycles. The molecule has 0 aromatic rings. The second-order valence-corrected chi connectivity index (χ2v) is 1.50. The van der Waals surface area contributed by atoms with Crippen LogP contribution in [0, 0.1) is 0 Å². The van der Waals surface area contributed by atoms with Crippen LogP contribution < -0.4 is 5.73 Å². The minimum atomic E-state index is -0.719. The second kappa shape index (κ2) is 4.69. The van der Waals surface area contributed by atoms with E-state index in [2.05, 4.69) is 4.74 Å². The van der Waals surface area contributed by atoms with Gasteiger partial charge in [0.25, 0.3) is 0 Å². The minimum absolute atomic E-state index is 0.275. The van der Waals surface area contributed by atoms with Gasteiger partial charge in [-0.3, -0.25) is 4.79 Å².